The van der Waals surface area contributed by atoms with Crippen molar-refractivity contribution in [2.45, 2.75) is 71.6 Å². The number of carbonyl (C=O) groups excluding carboxylic acids is 2. The molecule has 0 bridgehead atoms. The molecule has 0 fully saturated rings. The highest BCUT2D eigenvalue weighted by Gasteiger charge is 2.22. The average molecular weight is 429 g/mol. The predicted octanol–water partition coefficient (Wildman–Crippen LogP) is 3.17. The Bertz CT molecular complexity index is 699. The topological polar surface area (TPSA) is 121 Å². The molecular weight excluding hydrogens is 396 g/mol. The molecule has 1 atom stereocenters. The van der Waals surface area contributed by atoms with Crippen molar-refractivity contribution in [3.8, 4) is 0 Å². The molecule has 29 heavy (non-hydrogen) atoms. The second-order valence-corrected chi connectivity index (χ2v) is 8.99. The van der Waals surface area contributed by atoms with Crippen LogP contribution in [0.25, 0.3) is 0 Å². The first-order valence-corrected chi connectivity index (χ1v) is 10.4. The minimum absolute atomic E-state index is 0.179. The molecule has 1 rings (SSSR count). The molecule has 0 aliphatic heterocycles. The van der Waals surface area contributed by atoms with E-state index in [0.717, 1.165) is 10.7 Å². The van der Waals surface area contributed by atoms with Crippen LogP contribution in [-0.2, 0) is 16.1 Å². The number of hydrogen-bond donors (Lipinski definition) is 3. The van der Waals surface area contributed by atoms with E-state index in [4.69, 9.17) is 4.74 Å². The van der Waals surface area contributed by atoms with Gasteiger partial charge in [-0.25, -0.2) is 19.4 Å². The molecule has 0 aromatic carbocycles. The van der Waals surface area contributed by atoms with Crippen LogP contribution < -0.4 is 10.6 Å². The van der Waals surface area contributed by atoms with Crippen LogP contribution in [0.4, 0.5) is 9.59 Å². The van der Waals surface area contributed by atoms with Gasteiger partial charge in [0, 0.05) is 24.9 Å². The lowest BCUT2D eigenvalue weighted by molar-refractivity contribution is -0.139. The number of urea groups is 1. The lowest BCUT2D eigenvalue weighted by atomic mass is 10.1. The summed E-state index contributed by atoms with van der Waals surface area (Å²) in [6.45, 7) is 9.92. The molecule has 10 heteroatoms. The third-order valence-corrected chi connectivity index (χ3v) is 4.94. The van der Waals surface area contributed by atoms with E-state index >= 15 is 0 Å². The van der Waals surface area contributed by atoms with Gasteiger partial charge in [-0.05, 0) is 33.6 Å². The quantitative estimate of drug-likeness (QED) is 0.520. The number of ether oxygens (including phenoxy) is 1. The van der Waals surface area contributed by atoms with Gasteiger partial charge in [-0.2, -0.15) is 0 Å². The van der Waals surface area contributed by atoms with E-state index in [1.165, 1.54) is 4.90 Å². The van der Waals surface area contributed by atoms with Crippen LogP contribution >= 0.6 is 11.3 Å². The maximum Gasteiger partial charge on any atom is 0.407 e. The van der Waals surface area contributed by atoms with Gasteiger partial charge in [-0.1, -0.05) is 13.8 Å². The SMILES string of the molecule is CC(C)c1nc(CN(C)C(=O)N[C@@H](CCCNC(=O)OC(C)(C)C)C(=O)O)cs1. The van der Waals surface area contributed by atoms with E-state index in [9.17, 15) is 19.5 Å². The van der Waals surface area contributed by atoms with Crippen LogP contribution in [0.3, 0.4) is 0 Å². The zero-order valence-electron chi connectivity index (χ0n) is 17.9. The number of nitrogens with one attached hydrogen (secondary N) is 2. The number of aromatic nitrogens is 1. The van der Waals surface area contributed by atoms with E-state index < -0.39 is 29.7 Å². The maximum absolute atomic E-state index is 12.3. The summed E-state index contributed by atoms with van der Waals surface area (Å²) >= 11 is 1.54. The molecule has 1 heterocycles. The molecule has 0 aliphatic rings. The van der Waals surface area contributed by atoms with Gasteiger partial charge in [0.15, 0.2) is 0 Å². The van der Waals surface area contributed by atoms with Gasteiger partial charge in [0.25, 0.3) is 0 Å². The second-order valence-electron chi connectivity index (χ2n) is 8.10. The number of carboxylic acid groups (broad SMARTS) is 1. The summed E-state index contributed by atoms with van der Waals surface area (Å²) in [5.74, 6) is -0.807. The third-order valence-electron chi connectivity index (χ3n) is 3.74. The molecule has 0 radical (unpaired) electrons. The number of nitrogens with zero attached hydrogens (tertiary/aromatic N) is 2. The van der Waals surface area contributed by atoms with Crippen molar-refractivity contribution in [1.29, 1.82) is 0 Å². The first kappa shape index (κ1) is 24.7. The first-order chi connectivity index (χ1) is 13.4. The van der Waals surface area contributed by atoms with Crippen LogP contribution in [0.5, 0.6) is 0 Å². The van der Waals surface area contributed by atoms with E-state index in [1.807, 2.05) is 19.2 Å². The molecule has 9 nitrogen and oxygen atoms in total. The van der Waals surface area contributed by atoms with Gasteiger partial charge in [-0.3, -0.25) is 0 Å². The minimum atomic E-state index is -1.13. The summed E-state index contributed by atoms with van der Waals surface area (Å²) in [5.41, 5.74) is 0.171. The number of rotatable bonds is 9. The normalized spacial score (nSPS) is 12.4. The van der Waals surface area contributed by atoms with E-state index in [-0.39, 0.29) is 13.0 Å². The Hall–Kier alpha value is -2.36. The number of aliphatic carboxylic acids is 1. The third kappa shape index (κ3) is 9.60. The van der Waals surface area contributed by atoms with Crippen LogP contribution in [0.1, 0.15) is 64.1 Å². The number of thiazole rings is 1. The van der Waals surface area contributed by atoms with Crippen molar-refractivity contribution in [1.82, 2.24) is 20.5 Å². The van der Waals surface area contributed by atoms with Crippen molar-refractivity contribution in [2.75, 3.05) is 13.6 Å². The minimum Gasteiger partial charge on any atom is -0.480 e. The van der Waals surface area contributed by atoms with Crippen molar-refractivity contribution >= 4 is 29.4 Å². The van der Waals surface area contributed by atoms with E-state index in [2.05, 4.69) is 15.6 Å². The van der Waals surface area contributed by atoms with Crippen LogP contribution in [0, 0.1) is 0 Å². The number of carbonyl (C=O) groups is 3. The van der Waals surface area contributed by atoms with Crippen LogP contribution in [-0.4, -0.2) is 58.3 Å². The highest BCUT2D eigenvalue weighted by atomic mass is 32.1. The Kier molecular flexibility index (Phi) is 9.35. The predicted molar refractivity (Wildman–Crippen MR) is 111 cm³/mol. The van der Waals surface area contributed by atoms with Gasteiger partial charge in [-0.15, -0.1) is 11.3 Å². The summed E-state index contributed by atoms with van der Waals surface area (Å²) < 4.78 is 5.11. The Morgan fingerprint density at radius 1 is 1.31 bits per heavy atom. The van der Waals surface area contributed by atoms with Gasteiger partial charge in [0.2, 0.25) is 0 Å². The van der Waals surface area contributed by atoms with Gasteiger partial charge in [0.05, 0.1) is 17.2 Å². The molecule has 1 aromatic rings. The van der Waals surface area contributed by atoms with Gasteiger partial charge < -0.3 is 25.4 Å². The summed E-state index contributed by atoms with van der Waals surface area (Å²) in [6.07, 6.45) is 0.000308. The number of carboxylic acids is 1. The zero-order valence-corrected chi connectivity index (χ0v) is 18.8. The molecule has 3 amide bonds. The summed E-state index contributed by atoms with van der Waals surface area (Å²) in [6, 6.07) is -1.54. The van der Waals surface area contributed by atoms with Crippen molar-refractivity contribution in [3.63, 3.8) is 0 Å². The lowest BCUT2D eigenvalue weighted by Gasteiger charge is -2.21. The maximum atomic E-state index is 12.3. The van der Waals surface area contributed by atoms with Gasteiger partial charge >= 0.3 is 18.1 Å². The number of amides is 3. The Morgan fingerprint density at radius 3 is 2.48 bits per heavy atom. The molecule has 1 aromatic heterocycles. The second kappa shape index (κ2) is 11.0. The average Bonchev–Trinajstić information content (AvgIpc) is 3.04. The fourth-order valence-corrected chi connectivity index (χ4v) is 3.13. The fraction of sp³-hybridized carbons (Fsp3) is 0.684. The summed E-state index contributed by atoms with van der Waals surface area (Å²) in [7, 11) is 1.59. The Morgan fingerprint density at radius 2 is 1.97 bits per heavy atom. The first-order valence-electron chi connectivity index (χ1n) is 9.54. The molecule has 0 saturated carbocycles. The molecular formula is C19H32N4O5S. The molecule has 164 valence electrons. The fourth-order valence-electron chi connectivity index (χ4n) is 2.30. The van der Waals surface area contributed by atoms with E-state index in [1.54, 1.807) is 39.2 Å². The lowest BCUT2D eigenvalue weighted by Crippen LogP contribution is -2.46. The smallest absolute Gasteiger partial charge is 0.407 e. The largest absolute Gasteiger partial charge is 0.480 e. The van der Waals surface area contributed by atoms with Crippen molar-refractivity contribution in [2.24, 2.45) is 0 Å². The highest BCUT2D eigenvalue weighted by Crippen LogP contribution is 2.19. The number of alkyl carbamates (subject to hydrolysis) is 1. The molecule has 0 spiro atoms. The van der Waals surface area contributed by atoms with Crippen LogP contribution in [0.2, 0.25) is 0 Å². The highest BCUT2D eigenvalue weighted by molar-refractivity contribution is 7.09. The van der Waals surface area contributed by atoms with E-state index in [0.29, 0.717) is 18.9 Å². The van der Waals surface area contributed by atoms with Crippen molar-refractivity contribution in [3.05, 3.63) is 16.1 Å². The van der Waals surface area contributed by atoms with Crippen LogP contribution in [0.15, 0.2) is 5.38 Å². The molecule has 0 unspecified atom stereocenters. The Labute approximate surface area is 175 Å². The monoisotopic (exact) mass is 428 g/mol. The van der Waals surface area contributed by atoms with Gasteiger partial charge in [0.1, 0.15) is 11.6 Å². The molecule has 3 N–H and O–H groups in total. The zero-order chi connectivity index (χ0) is 22.2. The summed E-state index contributed by atoms with van der Waals surface area (Å²) in [4.78, 5) is 41.3. The molecule has 0 aliphatic carbocycles. The van der Waals surface area contributed by atoms with Crippen molar-refractivity contribution < 1.29 is 24.2 Å². The Balaban J connectivity index is 2.46. The summed E-state index contributed by atoms with van der Waals surface area (Å²) in [5, 5.41) is 17.3. The standard InChI is InChI=1S/C19H32N4O5S/c1-12(2)15-21-13(11-29-15)10-23(6)17(26)22-14(16(24)25)8-7-9-20-18(27)28-19(3,4)5/h11-12,14H,7-10H2,1-6H3,(H,20,27)(H,22,26)(H,24,25)/t14-/m0/s1. The molecule has 0 saturated heterocycles. The number of hydrogen-bond acceptors (Lipinski definition) is 6.